The second-order valence-corrected chi connectivity index (χ2v) is 4.57. The van der Waals surface area contributed by atoms with Crippen molar-refractivity contribution in [2.75, 3.05) is 13.7 Å². The Balaban J connectivity index is 2.02. The van der Waals surface area contributed by atoms with Crippen LogP contribution in [0.5, 0.6) is 5.88 Å². The third kappa shape index (κ3) is 2.89. The Hall–Kier alpha value is -1.27. The lowest BCUT2D eigenvalue weighted by Gasteiger charge is -2.22. The number of rotatable bonds is 4. The number of hydrogen-bond donors (Lipinski definition) is 1. The van der Waals surface area contributed by atoms with Crippen molar-refractivity contribution in [1.82, 2.24) is 15.1 Å². The van der Waals surface area contributed by atoms with E-state index >= 15 is 0 Å². The molecule has 92 valence electrons. The van der Waals surface area contributed by atoms with Crippen molar-refractivity contribution in [3.8, 4) is 5.88 Å². The summed E-state index contributed by atoms with van der Waals surface area (Å²) in [6.07, 6.45) is 2.17. The molecular formula is C11H16N4OS. The van der Waals surface area contributed by atoms with E-state index in [2.05, 4.69) is 15.1 Å². The Kier molecular flexibility index (Phi) is 3.86. The van der Waals surface area contributed by atoms with Crippen LogP contribution in [0, 0.1) is 0 Å². The highest BCUT2D eigenvalue weighted by Crippen LogP contribution is 2.19. The lowest BCUT2D eigenvalue weighted by molar-refractivity contribution is 0.289. The van der Waals surface area contributed by atoms with Gasteiger partial charge in [0.15, 0.2) is 0 Å². The normalized spacial score (nSPS) is 20.4. The topological polar surface area (TPSA) is 64.3 Å². The van der Waals surface area contributed by atoms with Gasteiger partial charge in [-0.3, -0.25) is 4.90 Å². The van der Waals surface area contributed by atoms with Crippen LogP contribution < -0.4 is 10.5 Å². The summed E-state index contributed by atoms with van der Waals surface area (Å²) in [7, 11) is 1.58. The number of thiocarbonyl (C=S) groups is 1. The summed E-state index contributed by atoms with van der Waals surface area (Å²) < 4.78 is 4.97. The van der Waals surface area contributed by atoms with E-state index in [0.29, 0.717) is 10.9 Å². The average molecular weight is 252 g/mol. The molecule has 1 aliphatic rings. The second-order valence-electron chi connectivity index (χ2n) is 4.10. The Morgan fingerprint density at radius 2 is 2.41 bits per heavy atom. The van der Waals surface area contributed by atoms with Crippen molar-refractivity contribution < 1.29 is 4.74 Å². The molecule has 2 N–H and O–H groups in total. The molecule has 0 saturated carbocycles. The standard InChI is InChI=1S/C11H16N4OS/c1-16-10-5-4-8(13-14-10)7-15-6-2-3-9(15)11(12)17/h4-5,9H,2-3,6-7H2,1H3,(H2,12,17). The molecule has 1 unspecified atom stereocenters. The molecule has 0 aliphatic carbocycles. The first kappa shape index (κ1) is 12.2. The molecule has 5 nitrogen and oxygen atoms in total. The van der Waals surface area contributed by atoms with E-state index in [0.717, 1.165) is 31.6 Å². The van der Waals surface area contributed by atoms with Gasteiger partial charge in [-0.2, -0.15) is 5.10 Å². The van der Waals surface area contributed by atoms with Gasteiger partial charge in [0.25, 0.3) is 0 Å². The zero-order valence-corrected chi connectivity index (χ0v) is 10.6. The fraction of sp³-hybridized carbons (Fsp3) is 0.545. The molecule has 1 atom stereocenters. The lowest BCUT2D eigenvalue weighted by Crippen LogP contribution is -2.38. The molecule has 2 rings (SSSR count). The van der Waals surface area contributed by atoms with Crippen LogP contribution in [0.3, 0.4) is 0 Å². The van der Waals surface area contributed by atoms with Crippen molar-refractivity contribution in [1.29, 1.82) is 0 Å². The van der Waals surface area contributed by atoms with Gasteiger partial charge in [0.2, 0.25) is 5.88 Å². The number of nitrogens with zero attached hydrogens (tertiary/aromatic N) is 3. The molecular weight excluding hydrogens is 236 g/mol. The maximum atomic E-state index is 5.72. The number of aromatic nitrogens is 2. The smallest absolute Gasteiger partial charge is 0.233 e. The van der Waals surface area contributed by atoms with E-state index in [-0.39, 0.29) is 6.04 Å². The minimum atomic E-state index is 0.203. The zero-order chi connectivity index (χ0) is 12.3. The minimum absolute atomic E-state index is 0.203. The predicted molar refractivity (Wildman–Crippen MR) is 68.8 cm³/mol. The summed E-state index contributed by atoms with van der Waals surface area (Å²) in [4.78, 5) is 2.82. The van der Waals surface area contributed by atoms with Crippen LogP contribution in [-0.4, -0.2) is 39.8 Å². The molecule has 1 fully saturated rings. The Morgan fingerprint density at radius 3 is 3.00 bits per heavy atom. The van der Waals surface area contributed by atoms with Crippen LogP contribution >= 0.6 is 12.2 Å². The molecule has 2 heterocycles. The van der Waals surface area contributed by atoms with E-state index < -0.39 is 0 Å². The fourth-order valence-electron chi connectivity index (χ4n) is 2.09. The summed E-state index contributed by atoms with van der Waals surface area (Å²) in [6, 6.07) is 3.93. The highest BCUT2D eigenvalue weighted by atomic mass is 32.1. The molecule has 6 heteroatoms. The molecule has 1 aliphatic heterocycles. The third-order valence-electron chi connectivity index (χ3n) is 2.96. The van der Waals surface area contributed by atoms with Crippen molar-refractivity contribution >= 4 is 17.2 Å². The molecule has 0 radical (unpaired) electrons. The first-order chi connectivity index (χ1) is 8.20. The van der Waals surface area contributed by atoms with Gasteiger partial charge in [-0.15, -0.1) is 5.10 Å². The van der Waals surface area contributed by atoms with E-state index in [4.69, 9.17) is 22.7 Å². The largest absolute Gasteiger partial charge is 0.480 e. The SMILES string of the molecule is COc1ccc(CN2CCCC2C(N)=S)nn1. The number of ether oxygens (including phenoxy) is 1. The molecule has 17 heavy (non-hydrogen) atoms. The summed E-state index contributed by atoms with van der Waals surface area (Å²) in [5.41, 5.74) is 6.63. The van der Waals surface area contributed by atoms with Crippen molar-refractivity contribution in [2.24, 2.45) is 5.73 Å². The Bertz CT molecular complexity index is 395. The van der Waals surface area contributed by atoms with Crippen molar-refractivity contribution in [2.45, 2.75) is 25.4 Å². The molecule has 1 saturated heterocycles. The van der Waals surface area contributed by atoms with Crippen LogP contribution in [0.2, 0.25) is 0 Å². The van der Waals surface area contributed by atoms with E-state index in [1.165, 1.54) is 0 Å². The number of likely N-dealkylation sites (tertiary alicyclic amines) is 1. The maximum Gasteiger partial charge on any atom is 0.233 e. The van der Waals surface area contributed by atoms with Gasteiger partial charge < -0.3 is 10.5 Å². The quantitative estimate of drug-likeness (QED) is 0.797. The Labute approximate surface area is 106 Å². The predicted octanol–water partition coefficient (Wildman–Crippen LogP) is 0.736. The van der Waals surface area contributed by atoms with Gasteiger partial charge in [-0.25, -0.2) is 0 Å². The van der Waals surface area contributed by atoms with Crippen LogP contribution in [0.25, 0.3) is 0 Å². The van der Waals surface area contributed by atoms with Crippen LogP contribution in [-0.2, 0) is 6.54 Å². The molecule has 1 aromatic heterocycles. The molecule has 1 aromatic rings. The molecule has 0 amide bonds. The van der Waals surface area contributed by atoms with Gasteiger partial charge in [0.05, 0.1) is 23.8 Å². The van der Waals surface area contributed by atoms with E-state index in [9.17, 15) is 0 Å². The lowest BCUT2D eigenvalue weighted by atomic mass is 10.2. The number of hydrogen-bond acceptors (Lipinski definition) is 5. The maximum absolute atomic E-state index is 5.72. The van der Waals surface area contributed by atoms with Crippen LogP contribution in [0.15, 0.2) is 12.1 Å². The summed E-state index contributed by atoms with van der Waals surface area (Å²) in [5.74, 6) is 0.529. The summed E-state index contributed by atoms with van der Waals surface area (Å²) >= 11 is 5.07. The van der Waals surface area contributed by atoms with E-state index in [1.54, 1.807) is 7.11 Å². The number of nitrogens with two attached hydrogens (primary N) is 1. The monoisotopic (exact) mass is 252 g/mol. The number of methoxy groups -OCH3 is 1. The van der Waals surface area contributed by atoms with Gasteiger partial charge in [0.1, 0.15) is 0 Å². The van der Waals surface area contributed by atoms with E-state index in [1.807, 2.05) is 12.1 Å². The minimum Gasteiger partial charge on any atom is -0.480 e. The summed E-state index contributed by atoms with van der Waals surface area (Å²) in [6.45, 7) is 1.74. The molecule has 0 bridgehead atoms. The zero-order valence-electron chi connectivity index (χ0n) is 9.80. The average Bonchev–Trinajstić information content (AvgIpc) is 2.78. The first-order valence-electron chi connectivity index (χ1n) is 5.60. The molecule has 0 spiro atoms. The second kappa shape index (κ2) is 5.37. The van der Waals surface area contributed by atoms with Gasteiger partial charge in [0, 0.05) is 12.6 Å². The summed E-state index contributed by atoms with van der Waals surface area (Å²) in [5, 5.41) is 8.05. The fourth-order valence-corrected chi connectivity index (χ4v) is 2.35. The van der Waals surface area contributed by atoms with Crippen molar-refractivity contribution in [3.63, 3.8) is 0 Å². The van der Waals surface area contributed by atoms with Crippen LogP contribution in [0.4, 0.5) is 0 Å². The van der Waals surface area contributed by atoms with Gasteiger partial charge in [-0.05, 0) is 25.5 Å². The van der Waals surface area contributed by atoms with Gasteiger partial charge in [-0.1, -0.05) is 12.2 Å². The van der Waals surface area contributed by atoms with Crippen LogP contribution in [0.1, 0.15) is 18.5 Å². The highest BCUT2D eigenvalue weighted by Gasteiger charge is 2.26. The molecule has 0 aromatic carbocycles. The Morgan fingerprint density at radius 1 is 1.59 bits per heavy atom. The first-order valence-corrected chi connectivity index (χ1v) is 6.01. The van der Waals surface area contributed by atoms with Gasteiger partial charge >= 0.3 is 0 Å². The highest BCUT2D eigenvalue weighted by molar-refractivity contribution is 7.80. The third-order valence-corrected chi connectivity index (χ3v) is 3.23. The van der Waals surface area contributed by atoms with Crippen molar-refractivity contribution in [3.05, 3.63) is 17.8 Å².